The maximum absolute atomic E-state index is 12.7. The molecule has 0 saturated heterocycles. The number of ether oxygens (including phenoxy) is 1. The number of hydrogen-bond donors (Lipinski definition) is 1. The van der Waals surface area contributed by atoms with E-state index in [-0.39, 0.29) is 28.7 Å². The van der Waals surface area contributed by atoms with Crippen molar-refractivity contribution in [1.29, 1.82) is 0 Å². The standard InChI is InChI=1S/C30H48O5/c1-4-5-6-7-8-9-10-11-12-28(32)34-27-14-13-23-22-20-26(35-33)25-19-21(31)15-17-29(25,2)24(22)16-18-30(23,27)3/h19,22-24,26-27,33H,4-18,20H2,1-3H3/t22-,23-,24-,26+,27-,29+,30-/m0/s1. The highest BCUT2D eigenvalue weighted by atomic mass is 17.1. The number of carbonyl (C=O) groups is 2. The number of unbranched alkanes of at least 4 members (excludes halogenated alkanes) is 7. The van der Waals surface area contributed by atoms with Gasteiger partial charge in [0.15, 0.2) is 5.78 Å². The summed E-state index contributed by atoms with van der Waals surface area (Å²) in [5.74, 6) is 1.53. The highest BCUT2D eigenvalue weighted by Crippen LogP contribution is 2.65. The van der Waals surface area contributed by atoms with Crippen molar-refractivity contribution >= 4 is 11.8 Å². The average Bonchev–Trinajstić information content (AvgIpc) is 3.17. The normalized spacial score (nSPS) is 38.3. The van der Waals surface area contributed by atoms with Gasteiger partial charge in [0.2, 0.25) is 0 Å². The van der Waals surface area contributed by atoms with E-state index in [4.69, 9.17) is 9.62 Å². The predicted octanol–water partition coefficient (Wildman–Crippen LogP) is 7.43. The minimum absolute atomic E-state index is 0.00108. The first kappa shape index (κ1) is 26.9. The van der Waals surface area contributed by atoms with Gasteiger partial charge >= 0.3 is 5.97 Å². The van der Waals surface area contributed by atoms with Crippen molar-refractivity contribution in [3.63, 3.8) is 0 Å². The molecule has 35 heavy (non-hydrogen) atoms. The Bertz CT molecular complexity index is 790. The monoisotopic (exact) mass is 488 g/mol. The second-order valence-electron chi connectivity index (χ2n) is 12.5. The van der Waals surface area contributed by atoms with E-state index in [1.54, 1.807) is 6.08 Å². The lowest BCUT2D eigenvalue weighted by Gasteiger charge is -2.58. The summed E-state index contributed by atoms with van der Waals surface area (Å²) in [6.45, 7) is 6.86. The Hall–Kier alpha value is -1.20. The third-order valence-electron chi connectivity index (χ3n) is 10.5. The van der Waals surface area contributed by atoms with Crippen molar-refractivity contribution < 1.29 is 24.5 Å². The number of ketones is 1. The first-order valence-electron chi connectivity index (χ1n) is 14.6. The van der Waals surface area contributed by atoms with Gasteiger partial charge in [0.1, 0.15) is 12.2 Å². The van der Waals surface area contributed by atoms with Gasteiger partial charge in [0.25, 0.3) is 0 Å². The largest absolute Gasteiger partial charge is 0.462 e. The van der Waals surface area contributed by atoms with Crippen molar-refractivity contribution in [2.24, 2.45) is 28.6 Å². The number of fused-ring (bicyclic) bond motifs is 5. The molecular formula is C30H48O5. The van der Waals surface area contributed by atoms with Gasteiger partial charge < -0.3 is 4.74 Å². The maximum atomic E-state index is 12.7. The minimum atomic E-state index is -0.392. The van der Waals surface area contributed by atoms with E-state index in [1.165, 1.54) is 38.5 Å². The Morgan fingerprint density at radius 3 is 2.43 bits per heavy atom. The molecule has 4 aliphatic carbocycles. The number of esters is 1. The molecule has 3 saturated carbocycles. The van der Waals surface area contributed by atoms with E-state index in [9.17, 15) is 14.8 Å². The Balaban J connectivity index is 1.32. The third-order valence-corrected chi connectivity index (χ3v) is 10.5. The van der Waals surface area contributed by atoms with Crippen LogP contribution in [-0.4, -0.2) is 29.2 Å². The molecule has 5 heteroatoms. The first-order valence-corrected chi connectivity index (χ1v) is 14.6. The second-order valence-corrected chi connectivity index (χ2v) is 12.5. The molecule has 0 amide bonds. The van der Waals surface area contributed by atoms with Crippen molar-refractivity contribution in [3.05, 3.63) is 11.6 Å². The summed E-state index contributed by atoms with van der Waals surface area (Å²) in [5, 5.41) is 9.75. The van der Waals surface area contributed by atoms with Gasteiger partial charge in [-0.15, -0.1) is 0 Å². The molecule has 5 nitrogen and oxygen atoms in total. The van der Waals surface area contributed by atoms with Gasteiger partial charge in [0.05, 0.1) is 0 Å². The molecule has 4 aliphatic rings. The van der Waals surface area contributed by atoms with Gasteiger partial charge in [-0.05, 0) is 79.8 Å². The smallest absolute Gasteiger partial charge is 0.306 e. The van der Waals surface area contributed by atoms with Crippen LogP contribution in [0.4, 0.5) is 0 Å². The fourth-order valence-electron chi connectivity index (χ4n) is 8.45. The summed E-state index contributed by atoms with van der Waals surface area (Å²) in [6.07, 6.45) is 18.1. The van der Waals surface area contributed by atoms with Crippen molar-refractivity contribution in [2.45, 2.75) is 136 Å². The molecule has 0 heterocycles. The van der Waals surface area contributed by atoms with Crippen LogP contribution in [0, 0.1) is 28.6 Å². The molecule has 0 radical (unpaired) electrons. The zero-order valence-electron chi connectivity index (χ0n) is 22.4. The molecule has 7 atom stereocenters. The van der Waals surface area contributed by atoms with Gasteiger partial charge in [-0.1, -0.05) is 65.7 Å². The van der Waals surface area contributed by atoms with Crippen LogP contribution in [0.1, 0.15) is 124 Å². The fraction of sp³-hybridized carbons (Fsp3) is 0.867. The van der Waals surface area contributed by atoms with Crippen LogP contribution >= 0.6 is 0 Å². The molecular weight excluding hydrogens is 440 g/mol. The zero-order valence-corrected chi connectivity index (χ0v) is 22.4. The average molecular weight is 489 g/mol. The van der Waals surface area contributed by atoms with E-state index in [2.05, 4.69) is 20.8 Å². The van der Waals surface area contributed by atoms with Crippen LogP contribution in [0.5, 0.6) is 0 Å². The SMILES string of the molecule is CCCCCCCCCCC(=O)O[C@H]1CC[C@H]2[C@@H]3C[C@@H](OO)C4=CC(=O)CC[C@]4(C)[C@H]3CC[C@]12C. The summed E-state index contributed by atoms with van der Waals surface area (Å²) >= 11 is 0. The van der Waals surface area contributed by atoms with Gasteiger partial charge in [-0.25, -0.2) is 4.89 Å². The summed E-state index contributed by atoms with van der Waals surface area (Å²) in [6, 6.07) is 0. The Morgan fingerprint density at radius 2 is 1.71 bits per heavy atom. The van der Waals surface area contributed by atoms with Crippen LogP contribution in [0.15, 0.2) is 11.6 Å². The molecule has 198 valence electrons. The lowest BCUT2D eigenvalue weighted by Crippen LogP contribution is -2.55. The summed E-state index contributed by atoms with van der Waals surface area (Å²) in [4.78, 5) is 29.9. The Morgan fingerprint density at radius 1 is 1.00 bits per heavy atom. The van der Waals surface area contributed by atoms with E-state index < -0.39 is 6.10 Å². The highest BCUT2D eigenvalue weighted by Gasteiger charge is 2.61. The minimum Gasteiger partial charge on any atom is -0.462 e. The number of rotatable bonds is 11. The van der Waals surface area contributed by atoms with Crippen LogP contribution in [0.25, 0.3) is 0 Å². The number of hydrogen-bond acceptors (Lipinski definition) is 5. The number of carbonyl (C=O) groups excluding carboxylic acids is 2. The maximum Gasteiger partial charge on any atom is 0.306 e. The van der Waals surface area contributed by atoms with E-state index in [0.717, 1.165) is 56.9 Å². The molecule has 0 aliphatic heterocycles. The van der Waals surface area contributed by atoms with Gasteiger partial charge in [-0.3, -0.25) is 14.8 Å². The second kappa shape index (κ2) is 11.5. The fourth-order valence-corrected chi connectivity index (χ4v) is 8.45. The third kappa shape index (κ3) is 5.42. The highest BCUT2D eigenvalue weighted by molar-refractivity contribution is 5.91. The lowest BCUT2D eigenvalue weighted by atomic mass is 9.47. The van der Waals surface area contributed by atoms with Crippen molar-refractivity contribution in [1.82, 2.24) is 0 Å². The van der Waals surface area contributed by atoms with E-state index in [0.29, 0.717) is 30.6 Å². The van der Waals surface area contributed by atoms with Gasteiger partial charge in [-0.2, -0.15) is 0 Å². The topological polar surface area (TPSA) is 72.8 Å². The van der Waals surface area contributed by atoms with Crippen molar-refractivity contribution in [2.75, 3.05) is 0 Å². The Kier molecular flexibility index (Phi) is 8.79. The molecule has 4 rings (SSSR count). The molecule has 0 aromatic heterocycles. The quantitative estimate of drug-likeness (QED) is 0.142. The molecule has 0 aromatic carbocycles. The summed E-state index contributed by atoms with van der Waals surface area (Å²) < 4.78 is 6.15. The molecule has 0 bridgehead atoms. The van der Waals surface area contributed by atoms with Crippen molar-refractivity contribution in [3.8, 4) is 0 Å². The molecule has 0 unspecified atom stereocenters. The summed E-state index contributed by atoms with van der Waals surface area (Å²) in [5.41, 5.74) is 0.919. The van der Waals surface area contributed by atoms with E-state index in [1.807, 2.05) is 0 Å². The van der Waals surface area contributed by atoms with Crippen LogP contribution in [0.2, 0.25) is 0 Å². The van der Waals surface area contributed by atoms with Gasteiger partial charge in [0, 0.05) is 18.3 Å². The molecule has 0 spiro atoms. The first-order chi connectivity index (χ1) is 16.8. The molecule has 1 N–H and O–H groups in total. The van der Waals surface area contributed by atoms with E-state index >= 15 is 0 Å². The zero-order chi connectivity index (χ0) is 25.1. The van der Waals surface area contributed by atoms with Crippen LogP contribution in [-0.2, 0) is 19.2 Å². The Labute approximate surface area is 212 Å². The summed E-state index contributed by atoms with van der Waals surface area (Å²) in [7, 11) is 0. The molecule has 3 fully saturated rings. The van der Waals surface area contributed by atoms with Crippen LogP contribution < -0.4 is 0 Å². The lowest BCUT2D eigenvalue weighted by molar-refractivity contribution is -0.285. The predicted molar refractivity (Wildman–Crippen MR) is 137 cm³/mol. The van der Waals surface area contributed by atoms with Crippen LogP contribution in [0.3, 0.4) is 0 Å². The molecule has 0 aromatic rings.